The van der Waals surface area contributed by atoms with E-state index in [0.717, 1.165) is 66.1 Å². The van der Waals surface area contributed by atoms with Gasteiger partial charge in [-0.05, 0) is 127 Å². The maximum absolute atomic E-state index is 6.38. The number of furan rings is 1. The maximum Gasteiger partial charge on any atom is 0.167 e. The Hall–Kier alpha value is -12.6. The van der Waals surface area contributed by atoms with Gasteiger partial charge in [-0.1, -0.05) is 299 Å². The lowest BCUT2D eigenvalue weighted by Crippen LogP contribution is -2.17. The van der Waals surface area contributed by atoms with Crippen LogP contribution in [0.15, 0.2) is 308 Å². The van der Waals surface area contributed by atoms with E-state index in [1.807, 2.05) is 78.9 Å². The Morgan fingerprint density at radius 1 is 0.229 bits per heavy atom. The predicted octanol–water partition coefficient (Wildman–Crippen LogP) is 23.2. The van der Waals surface area contributed by atoms with Crippen molar-refractivity contribution in [3.63, 3.8) is 0 Å². The molecule has 96 heavy (non-hydrogen) atoms. The van der Waals surface area contributed by atoms with Gasteiger partial charge in [0.05, 0.1) is 5.56 Å². The summed E-state index contributed by atoms with van der Waals surface area (Å²) in [5, 5.41) is 21.9. The third kappa shape index (κ3) is 8.81. The molecule has 3 heterocycles. The highest BCUT2D eigenvalue weighted by Gasteiger charge is 2.38. The number of rotatable bonds is 6. The maximum atomic E-state index is 6.38. The van der Waals surface area contributed by atoms with Crippen molar-refractivity contribution in [2.24, 2.45) is 0 Å². The number of aromatic nitrogens is 6. The van der Waals surface area contributed by atoms with Crippen molar-refractivity contribution in [3.8, 4) is 79.5 Å². The Morgan fingerprint density at radius 2 is 0.604 bits per heavy atom. The van der Waals surface area contributed by atoms with Crippen LogP contribution >= 0.6 is 0 Å². The van der Waals surface area contributed by atoms with Gasteiger partial charge in [0.1, 0.15) is 11.2 Å². The number of hydrogen-bond donors (Lipinski definition) is 0. The second kappa shape index (κ2) is 21.8. The summed E-state index contributed by atoms with van der Waals surface area (Å²) in [5.41, 5.74) is 12.2. The molecule has 448 valence electrons. The summed E-state index contributed by atoms with van der Waals surface area (Å²) in [6.45, 7) is 4.62. The smallest absolute Gasteiger partial charge is 0.167 e. The van der Waals surface area contributed by atoms with Crippen molar-refractivity contribution < 1.29 is 4.42 Å². The molecule has 0 fully saturated rings. The molecule has 0 N–H and O–H groups in total. The summed E-state index contributed by atoms with van der Waals surface area (Å²) in [5.74, 6) is 3.85. The number of benzene rings is 16. The van der Waals surface area contributed by atoms with Gasteiger partial charge in [0.25, 0.3) is 0 Å². The van der Waals surface area contributed by atoms with Crippen LogP contribution in [0.25, 0.3) is 188 Å². The minimum Gasteiger partial charge on any atom is -0.455 e. The Bertz CT molecular complexity index is 6440. The average Bonchev–Trinajstić information content (AvgIpc) is 1.33. The summed E-state index contributed by atoms with van der Waals surface area (Å²) >= 11 is 0. The average molecular weight is 1230 g/mol. The van der Waals surface area contributed by atoms with Gasteiger partial charge < -0.3 is 4.42 Å². The molecule has 0 bridgehead atoms. The van der Waals surface area contributed by atoms with Crippen molar-refractivity contribution in [2.45, 2.75) is 19.3 Å². The molecule has 0 saturated heterocycles. The van der Waals surface area contributed by atoms with Gasteiger partial charge in [-0.15, -0.1) is 0 Å². The molecule has 3 aromatic heterocycles. The molecule has 0 aliphatic heterocycles. The standard InChI is InChI=1S/C46H31N3.C43H25N3O/c1-46(2)41-21-9-8-16-37(41)38-18-11-20-40(42(38)46)45-48-43(29-13-4-3-5-14-29)47-44(49-45)39-19-10-17-31-34-25-24-32-30-15-7-6-12-28(30)22-23-33(32)35(34)26-27-36(31)39;1-2-10-27(11-3-1)41-44-42(46-43(45-41)38-15-8-14-37-36-13-6-7-16-39(36)47-40(37)38)29-19-20-31-28(25-29)18-22-35-33(31)24-23-32-30-12-5-4-9-26(30)17-21-34(32)35/h3-27H,1-2H3;1-25H. The van der Waals surface area contributed by atoms with Crippen LogP contribution in [0.3, 0.4) is 0 Å². The molecule has 0 radical (unpaired) electrons. The highest BCUT2D eigenvalue weighted by atomic mass is 16.3. The van der Waals surface area contributed by atoms with Crippen molar-refractivity contribution in [3.05, 3.63) is 314 Å². The van der Waals surface area contributed by atoms with Crippen molar-refractivity contribution in [1.82, 2.24) is 29.9 Å². The van der Waals surface area contributed by atoms with Crippen molar-refractivity contribution in [1.29, 1.82) is 0 Å². The van der Waals surface area contributed by atoms with Crippen LogP contribution in [-0.2, 0) is 5.41 Å². The van der Waals surface area contributed by atoms with E-state index in [9.17, 15) is 0 Å². The van der Waals surface area contributed by atoms with Gasteiger partial charge in [0.15, 0.2) is 34.9 Å². The summed E-state index contributed by atoms with van der Waals surface area (Å²) in [6, 6.07) is 107. The summed E-state index contributed by atoms with van der Waals surface area (Å²) < 4.78 is 6.38. The summed E-state index contributed by atoms with van der Waals surface area (Å²) in [7, 11) is 0. The zero-order chi connectivity index (χ0) is 63.6. The van der Waals surface area contributed by atoms with Crippen LogP contribution in [0.5, 0.6) is 0 Å². The Labute approximate surface area is 552 Å². The topological polar surface area (TPSA) is 90.5 Å². The van der Waals surface area contributed by atoms with E-state index in [4.69, 9.17) is 34.3 Å². The van der Waals surface area contributed by atoms with Crippen LogP contribution in [-0.4, -0.2) is 29.9 Å². The molecule has 16 aromatic carbocycles. The van der Waals surface area contributed by atoms with E-state index in [1.165, 1.54) is 97.7 Å². The molecular weight excluding hydrogens is 1170 g/mol. The quantitative estimate of drug-likeness (QED) is 0.153. The zero-order valence-electron chi connectivity index (χ0n) is 52.5. The number of para-hydroxylation sites is 2. The van der Waals surface area contributed by atoms with Crippen molar-refractivity contribution in [2.75, 3.05) is 0 Å². The highest BCUT2D eigenvalue weighted by molar-refractivity contribution is 6.24. The van der Waals surface area contributed by atoms with E-state index in [-0.39, 0.29) is 5.41 Å². The Balaban J connectivity index is 0.000000135. The van der Waals surface area contributed by atoms with Crippen LogP contribution in [0.2, 0.25) is 0 Å². The van der Waals surface area contributed by atoms with Crippen LogP contribution in [0.1, 0.15) is 25.0 Å². The molecule has 0 amide bonds. The predicted molar refractivity (Wildman–Crippen MR) is 397 cm³/mol. The van der Waals surface area contributed by atoms with Gasteiger partial charge in [-0.25, -0.2) is 29.9 Å². The fourth-order valence-electron chi connectivity index (χ4n) is 15.3. The largest absolute Gasteiger partial charge is 0.455 e. The summed E-state index contributed by atoms with van der Waals surface area (Å²) in [4.78, 5) is 30.7. The first-order valence-corrected chi connectivity index (χ1v) is 32.7. The molecule has 20 rings (SSSR count). The van der Waals surface area contributed by atoms with Gasteiger partial charge in [0.2, 0.25) is 0 Å². The van der Waals surface area contributed by atoms with Crippen LogP contribution in [0, 0.1) is 0 Å². The fourth-order valence-corrected chi connectivity index (χ4v) is 15.3. The lowest BCUT2D eigenvalue weighted by atomic mass is 9.80. The zero-order valence-corrected chi connectivity index (χ0v) is 52.5. The van der Waals surface area contributed by atoms with E-state index in [0.29, 0.717) is 34.9 Å². The van der Waals surface area contributed by atoms with E-state index in [1.54, 1.807) is 0 Å². The first-order valence-electron chi connectivity index (χ1n) is 32.7. The third-order valence-corrected chi connectivity index (χ3v) is 19.8. The van der Waals surface area contributed by atoms with E-state index < -0.39 is 0 Å². The second-order valence-electron chi connectivity index (χ2n) is 25.6. The van der Waals surface area contributed by atoms with Crippen LogP contribution in [0.4, 0.5) is 0 Å². The van der Waals surface area contributed by atoms with Gasteiger partial charge in [0, 0.05) is 44.0 Å². The molecule has 7 nitrogen and oxygen atoms in total. The monoisotopic (exact) mass is 1220 g/mol. The first kappa shape index (κ1) is 55.1. The number of hydrogen-bond acceptors (Lipinski definition) is 7. The molecule has 19 aromatic rings. The van der Waals surface area contributed by atoms with Gasteiger partial charge >= 0.3 is 0 Å². The first-order chi connectivity index (χ1) is 47.3. The molecule has 0 saturated carbocycles. The Morgan fingerprint density at radius 3 is 1.24 bits per heavy atom. The summed E-state index contributed by atoms with van der Waals surface area (Å²) in [6.07, 6.45) is 0. The fraction of sp³-hybridized carbons (Fsp3) is 0.0337. The third-order valence-electron chi connectivity index (χ3n) is 19.8. The van der Waals surface area contributed by atoms with Gasteiger partial charge in [-0.2, -0.15) is 0 Å². The molecule has 0 unspecified atom stereocenters. The number of fused-ring (bicyclic) bond motifs is 20. The SMILES string of the molecule is CC1(C)c2ccccc2-c2cccc(-c3nc(-c4ccccc4)nc(-c4cccc5c4ccc4c5ccc5c6ccccc6ccc54)n3)c21.c1ccc(-c2nc(-c3ccc4c(ccc5c4ccc4c6ccccc6ccc45)c3)nc(-c3cccc4c3oc3ccccc34)n2)cc1. The second-order valence-corrected chi connectivity index (χ2v) is 25.6. The van der Waals surface area contributed by atoms with Gasteiger partial charge in [-0.3, -0.25) is 0 Å². The molecule has 1 aliphatic rings. The molecule has 0 atom stereocenters. The van der Waals surface area contributed by atoms with E-state index >= 15 is 0 Å². The van der Waals surface area contributed by atoms with Crippen molar-refractivity contribution >= 4 is 108 Å². The number of nitrogens with zero attached hydrogens (tertiary/aromatic N) is 6. The van der Waals surface area contributed by atoms with Crippen LogP contribution < -0.4 is 0 Å². The van der Waals surface area contributed by atoms with E-state index in [2.05, 4.69) is 238 Å². The molecule has 0 spiro atoms. The highest BCUT2D eigenvalue weighted by Crippen LogP contribution is 2.52. The molecule has 1 aliphatic carbocycles. The minimum absolute atomic E-state index is 0.200. The Kier molecular flexibility index (Phi) is 12.5. The minimum atomic E-state index is -0.200. The normalized spacial score (nSPS) is 12.6. The lowest BCUT2D eigenvalue weighted by molar-refractivity contribution is 0.661. The molecular formula is C89H56N6O. The lowest BCUT2D eigenvalue weighted by Gasteiger charge is -2.24. The molecule has 7 heteroatoms.